The first-order chi connectivity index (χ1) is 9.04. The third-order valence-electron chi connectivity index (χ3n) is 2.02. The molecule has 0 aliphatic heterocycles. The summed E-state index contributed by atoms with van der Waals surface area (Å²) < 4.78 is 0. The zero-order valence-electron chi connectivity index (χ0n) is 10.1. The van der Waals surface area contributed by atoms with E-state index in [-0.39, 0.29) is 11.9 Å². The van der Waals surface area contributed by atoms with E-state index in [1.807, 2.05) is 10.8 Å². The van der Waals surface area contributed by atoms with Crippen LogP contribution < -0.4 is 16.8 Å². The fourth-order valence-corrected chi connectivity index (χ4v) is 2.68. The van der Waals surface area contributed by atoms with Crippen LogP contribution in [-0.4, -0.2) is 21.8 Å². The van der Waals surface area contributed by atoms with E-state index < -0.39 is 0 Å². The second-order valence-electron chi connectivity index (χ2n) is 3.59. The third-order valence-corrected chi connectivity index (χ3v) is 3.60. The van der Waals surface area contributed by atoms with Gasteiger partial charge in [0.05, 0.1) is 6.54 Å². The van der Waals surface area contributed by atoms with Crippen molar-refractivity contribution in [1.82, 2.24) is 15.3 Å². The van der Waals surface area contributed by atoms with Gasteiger partial charge in [-0.05, 0) is 0 Å². The van der Waals surface area contributed by atoms with Crippen LogP contribution in [0.3, 0.4) is 0 Å². The Labute approximate surface area is 117 Å². The fraction of sp³-hybridized carbons (Fsp3) is 0.200. The molecule has 100 valence electrons. The zero-order chi connectivity index (χ0) is 13.8. The maximum Gasteiger partial charge on any atom is 0.217 e. The molecule has 0 spiro atoms. The first-order valence-electron chi connectivity index (χ1n) is 5.29. The van der Waals surface area contributed by atoms with Crippen molar-refractivity contribution in [2.24, 2.45) is 16.5 Å². The Kier molecular flexibility index (Phi) is 4.07. The molecule has 5 N–H and O–H groups in total. The summed E-state index contributed by atoms with van der Waals surface area (Å²) in [5.41, 5.74) is 12.0. The van der Waals surface area contributed by atoms with E-state index in [0.29, 0.717) is 11.7 Å². The van der Waals surface area contributed by atoms with Crippen LogP contribution in [-0.2, 0) is 11.3 Å². The molecule has 0 aliphatic rings. The maximum absolute atomic E-state index is 10.8. The second kappa shape index (κ2) is 5.76. The van der Waals surface area contributed by atoms with E-state index >= 15 is 0 Å². The number of thiazole rings is 2. The lowest BCUT2D eigenvalue weighted by Crippen LogP contribution is -2.21. The number of rotatable bonds is 4. The number of aliphatic imine (C=N–C) groups is 1. The quantitative estimate of drug-likeness (QED) is 0.569. The Balaban J connectivity index is 2.12. The van der Waals surface area contributed by atoms with Gasteiger partial charge in [-0.1, -0.05) is 0 Å². The van der Waals surface area contributed by atoms with Crippen molar-refractivity contribution in [2.45, 2.75) is 13.5 Å². The lowest BCUT2D eigenvalue weighted by molar-refractivity contribution is -0.119. The van der Waals surface area contributed by atoms with E-state index in [1.54, 1.807) is 0 Å². The van der Waals surface area contributed by atoms with Gasteiger partial charge >= 0.3 is 0 Å². The normalized spacial score (nSPS) is 10.2. The predicted molar refractivity (Wildman–Crippen MR) is 76.2 cm³/mol. The molecule has 19 heavy (non-hydrogen) atoms. The van der Waals surface area contributed by atoms with Crippen molar-refractivity contribution < 1.29 is 4.79 Å². The van der Waals surface area contributed by atoms with Crippen LogP contribution >= 0.6 is 22.7 Å². The number of hydrogen-bond donors (Lipinski definition) is 3. The molecule has 0 aromatic carbocycles. The zero-order valence-corrected chi connectivity index (χ0v) is 11.7. The molecule has 2 aromatic rings. The molecule has 0 radical (unpaired) electrons. The highest BCUT2D eigenvalue weighted by atomic mass is 32.1. The highest BCUT2D eigenvalue weighted by Gasteiger charge is 2.09. The van der Waals surface area contributed by atoms with Crippen molar-refractivity contribution >= 4 is 39.7 Å². The Morgan fingerprint density at radius 2 is 2.00 bits per heavy atom. The van der Waals surface area contributed by atoms with E-state index in [9.17, 15) is 4.79 Å². The molecule has 2 rings (SSSR count). The van der Waals surface area contributed by atoms with Crippen molar-refractivity contribution in [3.8, 4) is 11.4 Å². The van der Waals surface area contributed by atoms with Gasteiger partial charge < -0.3 is 16.8 Å². The number of carbonyl (C=O) groups is 1. The lowest BCUT2D eigenvalue weighted by Gasteiger charge is -1.95. The summed E-state index contributed by atoms with van der Waals surface area (Å²) >= 11 is 2.80. The second-order valence-corrected chi connectivity index (χ2v) is 5.37. The van der Waals surface area contributed by atoms with Gasteiger partial charge in [0.15, 0.2) is 5.96 Å². The molecule has 0 unspecified atom stereocenters. The summed E-state index contributed by atoms with van der Waals surface area (Å²) in [6.45, 7) is 1.89. The molecule has 9 heteroatoms. The minimum atomic E-state index is -0.0829. The number of aromatic nitrogens is 2. The van der Waals surface area contributed by atoms with Crippen molar-refractivity contribution in [1.29, 1.82) is 0 Å². The predicted octanol–water partition coefficient (Wildman–Crippen LogP) is 0.808. The average Bonchev–Trinajstić information content (AvgIpc) is 2.93. The number of hydrogen-bond acceptors (Lipinski definition) is 6. The van der Waals surface area contributed by atoms with Crippen molar-refractivity contribution in [3.05, 3.63) is 15.8 Å². The van der Waals surface area contributed by atoms with Crippen LogP contribution in [0.15, 0.2) is 15.8 Å². The summed E-state index contributed by atoms with van der Waals surface area (Å²) in [6, 6.07) is 0. The van der Waals surface area contributed by atoms with Gasteiger partial charge in [-0.25, -0.2) is 9.97 Å². The number of carbonyl (C=O) groups excluding carboxylic acids is 1. The molecule has 0 atom stereocenters. The number of nitrogens with zero attached hydrogens (tertiary/aromatic N) is 3. The third kappa shape index (κ3) is 3.73. The minimum Gasteiger partial charge on any atom is -0.370 e. The fourth-order valence-electron chi connectivity index (χ4n) is 1.25. The number of amides is 1. The molecular formula is C10H12N6OS2. The van der Waals surface area contributed by atoms with Gasteiger partial charge in [-0.15, -0.1) is 22.7 Å². The van der Waals surface area contributed by atoms with Gasteiger partial charge in [0.25, 0.3) is 0 Å². The standard InChI is InChI=1S/C10H12N6OS2/c1-5(17)13-2-8-14-6(3-18-8)7-4-19-10(15-7)16-9(11)12/h3-4H,2H2,1H3,(H,13,17)(H4,11,12,15,16). The Hall–Kier alpha value is -2.00. The summed E-state index contributed by atoms with van der Waals surface area (Å²) in [4.78, 5) is 23.3. The number of guanidine groups is 1. The van der Waals surface area contributed by atoms with Gasteiger partial charge in [0, 0.05) is 17.7 Å². The van der Waals surface area contributed by atoms with Crippen LogP contribution in [0.2, 0.25) is 0 Å². The first-order valence-corrected chi connectivity index (χ1v) is 7.05. The van der Waals surface area contributed by atoms with E-state index in [0.717, 1.165) is 16.4 Å². The van der Waals surface area contributed by atoms with Crippen molar-refractivity contribution in [2.75, 3.05) is 0 Å². The molecule has 0 saturated heterocycles. The topological polar surface area (TPSA) is 119 Å². The van der Waals surface area contributed by atoms with Crippen LogP contribution in [0.25, 0.3) is 11.4 Å². The lowest BCUT2D eigenvalue weighted by atomic mass is 10.4. The summed E-state index contributed by atoms with van der Waals surface area (Å²) in [6.07, 6.45) is 0. The van der Waals surface area contributed by atoms with Crippen LogP contribution in [0.4, 0.5) is 5.13 Å². The Morgan fingerprint density at radius 1 is 1.32 bits per heavy atom. The summed E-state index contributed by atoms with van der Waals surface area (Å²) in [5, 5.41) is 7.72. The molecule has 2 heterocycles. The summed E-state index contributed by atoms with van der Waals surface area (Å²) in [5.74, 6) is -0.106. The van der Waals surface area contributed by atoms with Crippen LogP contribution in [0.5, 0.6) is 0 Å². The van der Waals surface area contributed by atoms with Gasteiger partial charge in [-0.2, -0.15) is 4.99 Å². The monoisotopic (exact) mass is 296 g/mol. The molecule has 0 aliphatic carbocycles. The van der Waals surface area contributed by atoms with E-state index in [1.165, 1.54) is 29.6 Å². The maximum atomic E-state index is 10.8. The van der Waals surface area contributed by atoms with Crippen LogP contribution in [0.1, 0.15) is 11.9 Å². The molecule has 1 amide bonds. The molecule has 7 nitrogen and oxygen atoms in total. The van der Waals surface area contributed by atoms with E-state index in [2.05, 4.69) is 20.3 Å². The first kappa shape index (κ1) is 13.4. The number of nitrogens with two attached hydrogens (primary N) is 2. The van der Waals surface area contributed by atoms with Crippen molar-refractivity contribution in [3.63, 3.8) is 0 Å². The molecule has 0 fully saturated rings. The van der Waals surface area contributed by atoms with Gasteiger partial charge in [0.2, 0.25) is 11.0 Å². The number of nitrogens with one attached hydrogen (secondary N) is 1. The Bertz CT molecular complexity index is 613. The molecule has 2 aromatic heterocycles. The average molecular weight is 296 g/mol. The molecule has 0 bridgehead atoms. The largest absolute Gasteiger partial charge is 0.370 e. The minimum absolute atomic E-state index is 0.0227. The Morgan fingerprint density at radius 3 is 2.68 bits per heavy atom. The van der Waals surface area contributed by atoms with Crippen LogP contribution in [0, 0.1) is 0 Å². The highest BCUT2D eigenvalue weighted by molar-refractivity contribution is 7.13. The van der Waals surface area contributed by atoms with E-state index in [4.69, 9.17) is 11.5 Å². The SMILES string of the molecule is CC(=O)NCc1nc(-c2csc(N=C(N)N)n2)cs1. The highest BCUT2D eigenvalue weighted by Crippen LogP contribution is 2.27. The molecular weight excluding hydrogens is 284 g/mol. The van der Waals surface area contributed by atoms with Gasteiger partial charge in [0.1, 0.15) is 16.4 Å². The molecule has 0 saturated carbocycles. The smallest absolute Gasteiger partial charge is 0.217 e. The van der Waals surface area contributed by atoms with Gasteiger partial charge in [-0.3, -0.25) is 4.79 Å². The summed E-state index contributed by atoms with van der Waals surface area (Å²) in [7, 11) is 0.